The summed E-state index contributed by atoms with van der Waals surface area (Å²) in [7, 11) is 0. The van der Waals surface area contributed by atoms with Crippen molar-refractivity contribution < 1.29 is 0 Å². The summed E-state index contributed by atoms with van der Waals surface area (Å²) in [5, 5.41) is 4.15. The first-order valence-electron chi connectivity index (χ1n) is 6.48. The topological polar surface area (TPSA) is 37.8 Å². The fourth-order valence-corrected chi connectivity index (χ4v) is 2.15. The number of pyridine rings is 2. The normalized spacial score (nSPS) is 12.4. The van der Waals surface area contributed by atoms with Crippen molar-refractivity contribution in [3.8, 4) is 0 Å². The maximum Gasteiger partial charge on any atom is 0.0804 e. The van der Waals surface area contributed by atoms with Crippen molar-refractivity contribution in [2.75, 3.05) is 6.54 Å². The monoisotopic (exact) mass is 275 g/mol. The van der Waals surface area contributed by atoms with E-state index in [-0.39, 0.29) is 6.04 Å². The Morgan fingerprint density at radius 1 is 1.26 bits per heavy atom. The Balaban J connectivity index is 2.35. The lowest BCUT2D eigenvalue weighted by Crippen LogP contribution is -2.24. The molecule has 100 valence electrons. The van der Waals surface area contributed by atoms with E-state index in [4.69, 9.17) is 11.6 Å². The van der Waals surface area contributed by atoms with Gasteiger partial charge in [0, 0.05) is 18.1 Å². The molecule has 0 aliphatic heterocycles. The van der Waals surface area contributed by atoms with E-state index in [1.807, 2.05) is 31.3 Å². The summed E-state index contributed by atoms with van der Waals surface area (Å²) >= 11 is 6.26. The molecule has 2 heterocycles. The van der Waals surface area contributed by atoms with Crippen LogP contribution in [0.2, 0.25) is 5.02 Å². The quantitative estimate of drug-likeness (QED) is 0.907. The van der Waals surface area contributed by atoms with Gasteiger partial charge in [-0.2, -0.15) is 0 Å². The van der Waals surface area contributed by atoms with Gasteiger partial charge in [-0.1, -0.05) is 24.6 Å². The summed E-state index contributed by atoms with van der Waals surface area (Å²) in [6.07, 6.45) is 4.71. The van der Waals surface area contributed by atoms with E-state index >= 15 is 0 Å². The molecule has 0 radical (unpaired) electrons. The molecule has 3 nitrogen and oxygen atoms in total. The molecule has 0 saturated heterocycles. The van der Waals surface area contributed by atoms with Crippen LogP contribution in [-0.2, 0) is 0 Å². The Bertz CT molecular complexity index is 525. The minimum Gasteiger partial charge on any atom is -0.305 e. The average Bonchev–Trinajstić information content (AvgIpc) is 2.43. The van der Waals surface area contributed by atoms with Gasteiger partial charge >= 0.3 is 0 Å². The van der Waals surface area contributed by atoms with Gasteiger partial charge in [0.2, 0.25) is 0 Å². The molecule has 2 rings (SSSR count). The fourth-order valence-electron chi connectivity index (χ4n) is 1.92. The van der Waals surface area contributed by atoms with Crippen LogP contribution in [0.4, 0.5) is 0 Å². The SMILES string of the molecule is CCCNC(c1ccc(C)nc1)c1ncccc1Cl. The highest BCUT2D eigenvalue weighted by atomic mass is 35.5. The molecule has 2 aromatic rings. The molecule has 4 heteroatoms. The van der Waals surface area contributed by atoms with E-state index in [1.54, 1.807) is 6.20 Å². The number of halogens is 1. The minimum absolute atomic E-state index is 0.0123. The summed E-state index contributed by atoms with van der Waals surface area (Å²) in [5.41, 5.74) is 2.94. The van der Waals surface area contributed by atoms with Gasteiger partial charge in [0.25, 0.3) is 0 Å². The lowest BCUT2D eigenvalue weighted by Gasteiger charge is -2.19. The van der Waals surface area contributed by atoms with Crippen molar-refractivity contribution in [2.45, 2.75) is 26.3 Å². The van der Waals surface area contributed by atoms with E-state index in [0.29, 0.717) is 5.02 Å². The highest BCUT2D eigenvalue weighted by Gasteiger charge is 2.17. The van der Waals surface area contributed by atoms with Crippen molar-refractivity contribution in [2.24, 2.45) is 0 Å². The zero-order valence-electron chi connectivity index (χ0n) is 11.2. The highest BCUT2D eigenvalue weighted by Crippen LogP contribution is 2.25. The fraction of sp³-hybridized carbons (Fsp3) is 0.333. The van der Waals surface area contributed by atoms with Crippen LogP contribution < -0.4 is 5.32 Å². The number of hydrogen-bond acceptors (Lipinski definition) is 3. The van der Waals surface area contributed by atoms with Gasteiger partial charge < -0.3 is 5.32 Å². The second-order valence-corrected chi connectivity index (χ2v) is 4.90. The van der Waals surface area contributed by atoms with Crippen molar-refractivity contribution in [1.82, 2.24) is 15.3 Å². The van der Waals surface area contributed by atoms with Gasteiger partial charge in [-0.05, 0) is 43.7 Å². The third-order valence-electron chi connectivity index (χ3n) is 2.93. The Kier molecular flexibility index (Phi) is 4.88. The molecule has 0 aromatic carbocycles. The molecule has 0 aliphatic carbocycles. The first kappa shape index (κ1) is 14.0. The number of nitrogens with zero attached hydrogens (tertiary/aromatic N) is 2. The Hall–Kier alpha value is -1.45. The van der Waals surface area contributed by atoms with Crippen molar-refractivity contribution in [3.05, 3.63) is 58.6 Å². The summed E-state index contributed by atoms with van der Waals surface area (Å²) in [6, 6.07) is 7.78. The predicted molar refractivity (Wildman–Crippen MR) is 78.4 cm³/mol. The van der Waals surface area contributed by atoms with Gasteiger partial charge in [0.15, 0.2) is 0 Å². The number of aryl methyl sites for hydroxylation is 1. The Morgan fingerprint density at radius 3 is 2.74 bits per heavy atom. The number of rotatable bonds is 5. The first-order valence-corrected chi connectivity index (χ1v) is 6.86. The average molecular weight is 276 g/mol. The van der Waals surface area contributed by atoms with Gasteiger partial charge in [-0.15, -0.1) is 0 Å². The summed E-state index contributed by atoms with van der Waals surface area (Å²) < 4.78 is 0. The lowest BCUT2D eigenvalue weighted by molar-refractivity contribution is 0.585. The van der Waals surface area contributed by atoms with Crippen LogP contribution in [0.15, 0.2) is 36.7 Å². The second kappa shape index (κ2) is 6.64. The number of hydrogen-bond donors (Lipinski definition) is 1. The van der Waals surface area contributed by atoms with E-state index in [2.05, 4.69) is 28.3 Å². The second-order valence-electron chi connectivity index (χ2n) is 4.49. The Morgan fingerprint density at radius 2 is 2.11 bits per heavy atom. The molecule has 1 N–H and O–H groups in total. The van der Waals surface area contributed by atoms with Gasteiger partial charge in [0.05, 0.1) is 16.8 Å². The van der Waals surface area contributed by atoms with Crippen LogP contribution in [0.5, 0.6) is 0 Å². The van der Waals surface area contributed by atoms with E-state index in [1.165, 1.54) is 0 Å². The number of aromatic nitrogens is 2. The van der Waals surface area contributed by atoms with Crippen molar-refractivity contribution >= 4 is 11.6 Å². The van der Waals surface area contributed by atoms with Crippen molar-refractivity contribution in [3.63, 3.8) is 0 Å². The van der Waals surface area contributed by atoms with Crippen LogP contribution in [0, 0.1) is 6.92 Å². The molecule has 1 unspecified atom stereocenters. The summed E-state index contributed by atoms with van der Waals surface area (Å²) in [6.45, 7) is 5.02. The largest absolute Gasteiger partial charge is 0.305 e. The van der Waals surface area contributed by atoms with E-state index in [0.717, 1.165) is 29.9 Å². The van der Waals surface area contributed by atoms with Gasteiger partial charge in [-0.3, -0.25) is 9.97 Å². The Labute approximate surface area is 119 Å². The summed E-state index contributed by atoms with van der Waals surface area (Å²) in [5.74, 6) is 0. The van der Waals surface area contributed by atoms with E-state index in [9.17, 15) is 0 Å². The maximum absolute atomic E-state index is 6.26. The van der Waals surface area contributed by atoms with E-state index < -0.39 is 0 Å². The first-order chi connectivity index (χ1) is 9.22. The molecule has 0 fully saturated rings. The summed E-state index contributed by atoms with van der Waals surface area (Å²) in [4.78, 5) is 8.76. The molecular formula is C15H18ClN3. The predicted octanol–water partition coefficient (Wildman–Crippen LogP) is 3.53. The van der Waals surface area contributed by atoms with Crippen LogP contribution in [-0.4, -0.2) is 16.5 Å². The van der Waals surface area contributed by atoms with Crippen LogP contribution in [0.25, 0.3) is 0 Å². The van der Waals surface area contributed by atoms with Gasteiger partial charge in [-0.25, -0.2) is 0 Å². The maximum atomic E-state index is 6.26. The molecule has 2 aromatic heterocycles. The molecular weight excluding hydrogens is 258 g/mol. The van der Waals surface area contributed by atoms with Crippen LogP contribution in [0.1, 0.15) is 36.3 Å². The molecule has 0 amide bonds. The third kappa shape index (κ3) is 3.52. The molecule has 1 atom stereocenters. The van der Waals surface area contributed by atoms with Crippen LogP contribution >= 0.6 is 11.6 Å². The smallest absolute Gasteiger partial charge is 0.0804 e. The third-order valence-corrected chi connectivity index (χ3v) is 3.25. The van der Waals surface area contributed by atoms with Crippen molar-refractivity contribution in [1.29, 1.82) is 0 Å². The molecule has 0 bridgehead atoms. The molecule has 19 heavy (non-hydrogen) atoms. The standard InChI is InChI=1S/C15H18ClN3/c1-3-8-17-14(12-7-6-11(2)19-10-12)15-13(16)5-4-9-18-15/h4-7,9-10,14,17H,3,8H2,1-2H3. The molecule has 0 aliphatic rings. The lowest BCUT2D eigenvalue weighted by atomic mass is 10.0. The zero-order chi connectivity index (χ0) is 13.7. The van der Waals surface area contributed by atoms with Crippen LogP contribution in [0.3, 0.4) is 0 Å². The molecule has 0 saturated carbocycles. The number of nitrogens with one attached hydrogen (secondary N) is 1. The van der Waals surface area contributed by atoms with Gasteiger partial charge in [0.1, 0.15) is 0 Å². The minimum atomic E-state index is -0.0123. The molecule has 0 spiro atoms. The highest BCUT2D eigenvalue weighted by molar-refractivity contribution is 6.31. The zero-order valence-corrected chi connectivity index (χ0v) is 12.0.